The molecule has 0 atom stereocenters. The normalized spacial score (nSPS) is 10.8. The van der Waals surface area contributed by atoms with E-state index in [9.17, 15) is 18.0 Å². The van der Waals surface area contributed by atoms with Gasteiger partial charge >= 0.3 is 12.3 Å². The van der Waals surface area contributed by atoms with Crippen molar-refractivity contribution in [2.24, 2.45) is 0 Å². The fraction of sp³-hybridized carbons (Fsp3) is 0.222. The van der Waals surface area contributed by atoms with Crippen LogP contribution in [-0.2, 0) is 9.63 Å². The molecule has 0 unspecified atom stereocenters. The van der Waals surface area contributed by atoms with Crippen molar-refractivity contribution >= 4 is 11.7 Å². The Morgan fingerprint density at radius 1 is 1.25 bits per heavy atom. The van der Waals surface area contributed by atoms with Crippen molar-refractivity contribution in [1.29, 1.82) is 0 Å². The maximum absolute atomic E-state index is 11.8. The van der Waals surface area contributed by atoms with Gasteiger partial charge in [-0.3, -0.25) is 4.79 Å². The second-order valence-electron chi connectivity index (χ2n) is 2.77. The molecule has 0 aliphatic carbocycles. The fourth-order valence-electron chi connectivity index (χ4n) is 0.855. The molecule has 4 nitrogen and oxygen atoms in total. The average Bonchev–Trinajstić information content (AvgIpc) is 2.14. The van der Waals surface area contributed by atoms with E-state index in [0.29, 0.717) is 5.69 Å². The number of benzene rings is 1. The maximum atomic E-state index is 11.8. The largest absolute Gasteiger partial charge is 0.573 e. The summed E-state index contributed by atoms with van der Waals surface area (Å²) in [6.07, 6.45) is -4.72. The first kappa shape index (κ1) is 12.2. The maximum Gasteiger partial charge on any atom is 0.573 e. The molecule has 7 heteroatoms. The van der Waals surface area contributed by atoms with Gasteiger partial charge in [0.05, 0.1) is 5.69 Å². The minimum atomic E-state index is -4.72. The van der Waals surface area contributed by atoms with Crippen LogP contribution in [0.5, 0.6) is 5.75 Å². The van der Waals surface area contributed by atoms with Gasteiger partial charge in [0.25, 0.3) is 0 Å². The lowest BCUT2D eigenvalue weighted by Crippen LogP contribution is -2.17. The summed E-state index contributed by atoms with van der Waals surface area (Å²) < 4.78 is 39.0. The van der Waals surface area contributed by atoms with E-state index in [1.165, 1.54) is 19.1 Å². The van der Waals surface area contributed by atoms with Crippen LogP contribution in [-0.4, -0.2) is 12.3 Å². The SMILES string of the molecule is CC(=O)ONc1ccc(OC(F)(F)F)cc1. The Morgan fingerprint density at radius 2 is 1.81 bits per heavy atom. The van der Waals surface area contributed by atoms with Crippen LogP contribution in [0.3, 0.4) is 0 Å². The van der Waals surface area contributed by atoms with E-state index in [1.807, 2.05) is 0 Å². The van der Waals surface area contributed by atoms with Crippen LogP contribution in [0.4, 0.5) is 18.9 Å². The van der Waals surface area contributed by atoms with Gasteiger partial charge in [0.2, 0.25) is 0 Å². The lowest BCUT2D eigenvalue weighted by Gasteiger charge is -2.09. The van der Waals surface area contributed by atoms with Crippen molar-refractivity contribution < 1.29 is 27.5 Å². The topological polar surface area (TPSA) is 47.6 Å². The van der Waals surface area contributed by atoms with Crippen LogP contribution in [0.15, 0.2) is 24.3 Å². The first-order chi connectivity index (χ1) is 7.37. The molecule has 0 amide bonds. The van der Waals surface area contributed by atoms with Crippen molar-refractivity contribution in [1.82, 2.24) is 0 Å². The summed E-state index contributed by atoms with van der Waals surface area (Å²) in [6.45, 7) is 1.19. The number of ether oxygens (including phenoxy) is 1. The van der Waals surface area contributed by atoms with Crippen molar-refractivity contribution in [2.45, 2.75) is 13.3 Å². The van der Waals surface area contributed by atoms with E-state index in [1.54, 1.807) is 0 Å². The minimum Gasteiger partial charge on any atom is -0.406 e. The summed E-state index contributed by atoms with van der Waals surface area (Å²) in [5, 5.41) is 0. The Hall–Kier alpha value is -1.92. The number of alkyl halides is 3. The molecule has 1 rings (SSSR count). The summed E-state index contributed by atoms with van der Waals surface area (Å²) in [5.41, 5.74) is 2.59. The molecule has 1 N–H and O–H groups in total. The smallest absolute Gasteiger partial charge is 0.406 e. The quantitative estimate of drug-likeness (QED) is 0.817. The first-order valence-corrected chi connectivity index (χ1v) is 4.16. The van der Waals surface area contributed by atoms with Gasteiger partial charge < -0.3 is 9.57 Å². The monoisotopic (exact) mass is 235 g/mol. The van der Waals surface area contributed by atoms with Crippen LogP contribution in [0.2, 0.25) is 0 Å². The van der Waals surface area contributed by atoms with E-state index in [0.717, 1.165) is 12.1 Å². The van der Waals surface area contributed by atoms with Gasteiger partial charge in [-0.25, -0.2) is 5.48 Å². The molecule has 0 bridgehead atoms. The number of halogens is 3. The second-order valence-corrected chi connectivity index (χ2v) is 2.77. The minimum absolute atomic E-state index is 0.338. The van der Waals surface area contributed by atoms with Gasteiger partial charge in [-0.1, -0.05) is 0 Å². The van der Waals surface area contributed by atoms with Crippen LogP contribution >= 0.6 is 0 Å². The Morgan fingerprint density at radius 3 is 2.25 bits per heavy atom. The van der Waals surface area contributed by atoms with E-state index < -0.39 is 12.3 Å². The van der Waals surface area contributed by atoms with Crippen molar-refractivity contribution in [2.75, 3.05) is 5.48 Å². The van der Waals surface area contributed by atoms with Gasteiger partial charge in [0.1, 0.15) is 5.75 Å². The third-order valence-corrected chi connectivity index (χ3v) is 1.40. The molecule has 0 radical (unpaired) electrons. The van der Waals surface area contributed by atoms with E-state index >= 15 is 0 Å². The summed E-state index contributed by atoms with van der Waals surface area (Å²) in [5.74, 6) is -0.906. The number of anilines is 1. The van der Waals surface area contributed by atoms with E-state index in [2.05, 4.69) is 15.1 Å². The third-order valence-electron chi connectivity index (χ3n) is 1.40. The van der Waals surface area contributed by atoms with Crippen molar-refractivity contribution in [3.05, 3.63) is 24.3 Å². The molecule has 0 spiro atoms. The third kappa shape index (κ3) is 4.54. The summed E-state index contributed by atoms with van der Waals surface area (Å²) in [4.78, 5) is 14.8. The Labute approximate surface area is 88.9 Å². The lowest BCUT2D eigenvalue weighted by atomic mass is 10.3. The molecular weight excluding hydrogens is 227 g/mol. The predicted molar refractivity (Wildman–Crippen MR) is 48.5 cm³/mol. The Kier molecular flexibility index (Phi) is 3.60. The first-order valence-electron chi connectivity index (χ1n) is 4.16. The zero-order chi connectivity index (χ0) is 12.2. The number of rotatable bonds is 3. The fourth-order valence-corrected chi connectivity index (χ4v) is 0.855. The molecule has 0 aliphatic rings. The second kappa shape index (κ2) is 4.73. The molecule has 1 aromatic rings. The van der Waals surface area contributed by atoms with Crippen LogP contribution in [0.1, 0.15) is 6.92 Å². The highest BCUT2D eigenvalue weighted by Crippen LogP contribution is 2.23. The number of nitrogens with one attached hydrogen (secondary N) is 1. The van der Waals surface area contributed by atoms with Crippen molar-refractivity contribution in [3.63, 3.8) is 0 Å². The molecule has 0 aromatic heterocycles. The average molecular weight is 235 g/mol. The Bertz CT molecular complexity index is 361. The molecular formula is C9H8F3NO3. The highest BCUT2D eigenvalue weighted by atomic mass is 19.4. The zero-order valence-corrected chi connectivity index (χ0v) is 8.17. The molecule has 1 aromatic carbocycles. The summed E-state index contributed by atoms with van der Waals surface area (Å²) in [7, 11) is 0. The van der Waals surface area contributed by atoms with Crippen molar-refractivity contribution in [3.8, 4) is 5.75 Å². The van der Waals surface area contributed by atoms with Gasteiger partial charge in [-0.2, -0.15) is 0 Å². The highest BCUT2D eigenvalue weighted by Gasteiger charge is 2.30. The molecule has 0 fully saturated rings. The molecule has 0 saturated heterocycles. The van der Waals surface area contributed by atoms with Gasteiger partial charge in [-0.15, -0.1) is 13.2 Å². The van der Waals surface area contributed by atoms with Gasteiger partial charge in [0.15, 0.2) is 0 Å². The zero-order valence-electron chi connectivity index (χ0n) is 8.17. The van der Waals surface area contributed by atoms with Crippen LogP contribution in [0, 0.1) is 0 Å². The lowest BCUT2D eigenvalue weighted by molar-refractivity contribution is -0.274. The van der Waals surface area contributed by atoms with Gasteiger partial charge in [-0.05, 0) is 24.3 Å². The molecule has 0 aliphatic heterocycles. The standard InChI is InChI=1S/C9H8F3NO3/c1-6(14)16-13-7-2-4-8(5-3-7)15-9(10,11)12/h2-5,13H,1H3. The number of carbonyl (C=O) groups is 1. The summed E-state index contributed by atoms with van der Waals surface area (Å²) in [6, 6.07) is 4.76. The molecule has 0 saturated carbocycles. The number of carbonyl (C=O) groups excluding carboxylic acids is 1. The molecule has 0 heterocycles. The molecule has 16 heavy (non-hydrogen) atoms. The predicted octanol–water partition coefficient (Wildman–Crippen LogP) is 2.48. The van der Waals surface area contributed by atoms with Gasteiger partial charge in [0, 0.05) is 6.92 Å². The number of hydrogen-bond donors (Lipinski definition) is 1. The summed E-state index contributed by atoms with van der Waals surface area (Å²) >= 11 is 0. The number of hydrogen-bond acceptors (Lipinski definition) is 4. The van der Waals surface area contributed by atoms with E-state index in [4.69, 9.17) is 0 Å². The Balaban J connectivity index is 2.57. The highest BCUT2D eigenvalue weighted by molar-refractivity contribution is 5.67. The molecule has 88 valence electrons. The van der Waals surface area contributed by atoms with Crippen LogP contribution in [0.25, 0.3) is 0 Å². The van der Waals surface area contributed by atoms with Crippen LogP contribution < -0.4 is 10.2 Å². The van der Waals surface area contributed by atoms with E-state index in [-0.39, 0.29) is 5.75 Å².